The van der Waals surface area contributed by atoms with E-state index in [0.717, 1.165) is 59.6 Å². The van der Waals surface area contributed by atoms with Crippen molar-refractivity contribution < 1.29 is 22.7 Å². The zero-order chi connectivity index (χ0) is 35.5. The van der Waals surface area contributed by atoms with Crippen LogP contribution >= 0.6 is 11.3 Å². The van der Waals surface area contributed by atoms with Crippen molar-refractivity contribution >= 4 is 39.0 Å². The lowest BCUT2D eigenvalue weighted by Gasteiger charge is -2.24. The summed E-state index contributed by atoms with van der Waals surface area (Å²) in [5.74, 6) is 2.07. The lowest BCUT2D eigenvalue weighted by molar-refractivity contribution is 0.396. The van der Waals surface area contributed by atoms with Crippen LogP contribution in [0.4, 0.5) is 5.69 Å². The number of thiophene rings is 1. The number of fused-ring (bicyclic) bond motifs is 2. The second kappa shape index (κ2) is 14.7. The predicted octanol–water partition coefficient (Wildman–Crippen LogP) is 9.44. The van der Waals surface area contributed by atoms with Crippen molar-refractivity contribution in [2.75, 3.05) is 32.2 Å². The zero-order valence-corrected chi connectivity index (χ0v) is 29.7. The zero-order valence-electron chi connectivity index (χ0n) is 28.9. The molecule has 0 aliphatic heterocycles. The van der Waals surface area contributed by atoms with Crippen LogP contribution in [-0.2, 0) is 0 Å². The second-order valence-electron chi connectivity index (χ2n) is 12.2. The summed E-state index contributed by atoms with van der Waals surface area (Å²) >= 11 is 1.43. The highest BCUT2D eigenvalue weighted by Gasteiger charge is 2.18. The minimum Gasteiger partial charge on any atom is -0.496 e. The van der Waals surface area contributed by atoms with Crippen molar-refractivity contribution in [2.45, 2.75) is 39.5 Å². The SMILES string of the molecule is CCCCN(CCCC)c1ccc2cc(-c3ccc(-c4ccc(-c5cncc(-c6cc7c(OC)cc(OC)cc7oc6=O)n5)o4)s3)c(=O)oc2c1. The number of benzene rings is 2. The molecule has 0 atom stereocenters. The molecule has 2 aromatic carbocycles. The fraction of sp³-hybridized carbons (Fsp3) is 0.250. The highest BCUT2D eigenvalue weighted by atomic mass is 32.1. The standard InChI is InChI=1S/C40H37N3O7S/c1-5-7-15-43(16-8-6-2)25-10-9-24-17-29(40(45)49-34(24)18-25)37-13-14-38(51-37)33-12-11-32(48-33)31-23-41-22-30(42-31)27-21-28-35(47-4)19-26(46-3)20-36(28)50-39(27)44/h9-14,17-23H,5-8,15-16H2,1-4H3. The van der Waals surface area contributed by atoms with Crippen LogP contribution in [0, 0.1) is 0 Å². The molecule has 0 radical (unpaired) electrons. The fourth-order valence-electron chi connectivity index (χ4n) is 6.00. The van der Waals surface area contributed by atoms with Crippen LogP contribution < -0.4 is 25.6 Å². The van der Waals surface area contributed by atoms with Gasteiger partial charge in [-0.25, -0.2) is 14.6 Å². The smallest absolute Gasteiger partial charge is 0.345 e. The lowest BCUT2D eigenvalue weighted by atomic mass is 10.1. The first-order valence-corrected chi connectivity index (χ1v) is 17.8. The Labute approximate surface area is 297 Å². The first-order chi connectivity index (χ1) is 24.9. The van der Waals surface area contributed by atoms with Gasteiger partial charge in [-0.05, 0) is 61.4 Å². The molecule has 260 valence electrons. The van der Waals surface area contributed by atoms with Crippen LogP contribution in [-0.4, -0.2) is 37.3 Å². The highest BCUT2D eigenvalue weighted by Crippen LogP contribution is 2.37. The molecule has 0 saturated carbocycles. The topological polar surface area (TPSA) is 121 Å². The number of rotatable bonds is 13. The van der Waals surface area contributed by atoms with E-state index in [0.29, 0.717) is 56.5 Å². The van der Waals surface area contributed by atoms with Gasteiger partial charge in [0.05, 0.1) is 53.7 Å². The van der Waals surface area contributed by atoms with Crippen molar-refractivity contribution in [1.29, 1.82) is 0 Å². The van der Waals surface area contributed by atoms with Gasteiger partial charge in [-0.2, -0.15) is 0 Å². The van der Waals surface area contributed by atoms with Crippen molar-refractivity contribution in [3.05, 3.63) is 100.0 Å². The molecule has 0 aliphatic carbocycles. The molecule has 0 amide bonds. The van der Waals surface area contributed by atoms with Gasteiger partial charge in [0.1, 0.15) is 34.1 Å². The molecule has 0 spiro atoms. The van der Waals surface area contributed by atoms with Gasteiger partial charge in [0.25, 0.3) is 0 Å². The Morgan fingerprint density at radius 2 is 1.43 bits per heavy atom. The van der Waals surface area contributed by atoms with E-state index in [1.807, 2.05) is 36.4 Å². The largest absolute Gasteiger partial charge is 0.496 e. The summed E-state index contributed by atoms with van der Waals surface area (Å²) in [4.78, 5) is 39.3. The fourth-order valence-corrected chi connectivity index (χ4v) is 6.97. The number of ether oxygens (including phenoxy) is 2. The van der Waals surface area contributed by atoms with Gasteiger partial charge < -0.3 is 27.6 Å². The van der Waals surface area contributed by atoms with Crippen LogP contribution in [0.2, 0.25) is 0 Å². The van der Waals surface area contributed by atoms with E-state index in [1.54, 1.807) is 30.5 Å². The average Bonchev–Trinajstić information content (AvgIpc) is 3.85. The summed E-state index contributed by atoms with van der Waals surface area (Å²) in [7, 11) is 3.06. The van der Waals surface area contributed by atoms with Crippen molar-refractivity contribution in [3.63, 3.8) is 0 Å². The quantitative estimate of drug-likeness (QED) is 0.107. The van der Waals surface area contributed by atoms with Gasteiger partial charge in [-0.15, -0.1) is 11.3 Å². The van der Waals surface area contributed by atoms with Gasteiger partial charge in [0, 0.05) is 47.2 Å². The minimum atomic E-state index is -0.574. The minimum absolute atomic E-state index is 0.228. The summed E-state index contributed by atoms with van der Waals surface area (Å²) in [6.45, 7) is 6.34. The van der Waals surface area contributed by atoms with Crippen molar-refractivity contribution in [1.82, 2.24) is 9.97 Å². The Morgan fingerprint density at radius 3 is 2.20 bits per heavy atom. The highest BCUT2D eigenvalue weighted by molar-refractivity contribution is 7.18. The molecule has 0 N–H and O–H groups in total. The third kappa shape index (κ3) is 6.89. The van der Waals surface area contributed by atoms with Gasteiger partial charge in [-0.1, -0.05) is 26.7 Å². The molecule has 5 aromatic heterocycles. The summed E-state index contributed by atoms with van der Waals surface area (Å²) in [5.41, 5.74) is 2.51. The Bertz CT molecular complexity index is 2450. The lowest BCUT2D eigenvalue weighted by Crippen LogP contribution is -2.25. The van der Waals surface area contributed by atoms with Crippen LogP contribution in [0.5, 0.6) is 11.5 Å². The first-order valence-electron chi connectivity index (χ1n) is 16.9. The molecule has 7 aromatic rings. The molecule has 0 fully saturated rings. The number of unbranched alkanes of at least 4 members (excludes halogenated alkanes) is 2. The molecular weight excluding hydrogens is 667 g/mol. The maximum Gasteiger partial charge on any atom is 0.345 e. The Kier molecular flexibility index (Phi) is 9.72. The number of furan rings is 1. The second-order valence-corrected chi connectivity index (χ2v) is 13.3. The first kappa shape index (κ1) is 33.8. The maximum absolute atomic E-state index is 13.2. The molecule has 7 rings (SSSR count). The Balaban J connectivity index is 1.15. The average molecular weight is 704 g/mol. The van der Waals surface area contributed by atoms with Crippen LogP contribution in [0.1, 0.15) is 39.5 Å². The molecule has 51 heavy (non-hydrogen) atoms. The Morgan fingerprint density at radius 1 is 0.706 bits per heavy atom. The van der Waals surface area contributed by atoms with Crippen LogP contribution in [0.3, 0.4) is 0 Å². The van der Waals surface area contributed by atoms with Gasteiger partial charge in [0.2, 0.25) is 0 Å². The number of nitrogens with zero attached hydrogens (tertiary/aromatic N) is 3. The molecule has 5 heterocycles. The molecule has 0 saturated heterocycles. The van der Waals surface area contributed by atoms with Gasteiger partial charge in [0.15, 0.2) is 5.76 Å². The molecule has 0 unspecified atom stereocenters. The van der Waals surface area contributed by atoms with E-state index < -0.39 is 5.63 Å². The maximum atomic E-state index is 13.2. The van der Waals surface area contributed by atoms with E-state index in [4.69, 9.17) is 22.7 Å². The molecule has 0 bridgehead atoms. The van der Waals surface area contributed by atoms with Gasteiger partial charge in [-0.3, -0.25) is 4.98 Å². The number of hydrogen-bond donors (Lipinski definition) is 0. The number of hydrogen-bond acceptors (Lipinski definition) is 11. The van der Waals surface area contributed by atoms with Crippen molar-refractivity contribution in [2.24, 2.45) is 0 Å². The number of methoxy groups -OCH3 is 2. The monoisotopic (exact) mass is 703 g/mol. The molecule has 10 nitrogen and oxygen atoms in total. The van der Waals surface area contributed by atoms with E-state index in [-0.39, 0.29) is 11.2 Å². The third-order valence-electron chi connectivity index (χ3n) is 8.78. The van der Waals surface area contributed by atoms with E-state index in [1.165, 1.54) is 31.8 Å². The number of anilines is 1. The van der Waals surface area contributed by atoms with Crippen LogP contribution in [0.25, 0.3) is 65.7 Å². The third-order valence-corrected chi connectivity index (χ3v) is 9.91. The van der Waals surface area contributed by atoms with Crippen molar-refractivity contribution in [3.8, 4) is 55.3 Å². The predicted molar refractivity (Wildman–Crippen MR) is 201 cm³/mol. The van der Waals surface area contributed by atoms with E-state index in [2.05, 4.69) is 34.8 Å². The summed E-state index contributed by atoms with van der Waals surface area (Å²) < 4.78 is 28.5. The van der Waals surface area contributed by atoms with Crippen LogP contribution in [0.15, 0.2) is 102 Å². The van der Waals surface area contributed by atoms with E-state index in [9.17, 15) is 9.59 Å². The summed E-state index contributed by atoms with van der Waals surface area (Å²) in [6, 6.07) is 20.5. The summed E-state index contributed by atoms with van der Waals surface area (Å²) in [5, 5.41) is 1.46. The summed E-state index contributed by atoms with van der Waals surface area (Å²) in [6.07, 6.45) is 7.53. The molecular formula is C40H37N3O7S. The molecule has 0 aliphatic rings. The molecule has 11 heteroatoms. The van der Waals surface area contributed by atoms with E-state index >= 15 is 0 Å². The normalized spacial score (nSPS) is 11.4. The Hall–Kier alpha value is -5.68. The van der Waals surface area contributed by atoms with Gasteiger partial charge >= 0.3 is 11.3 Å². The number of aromatic nitrogens is 2.